The molecule has 0 heterocycles. The van der Waals surface area contributed by atoms with E-state index in [4.69, 9.17) is 16.6 Å². The maximum Gasteiger partial charge on any atom is 0.416 e. The Balaban J connectivity index is 0.000000200. The van der Waals surface area contributed by atoms with E-state index in [-0.39, 0.29) is 11.4 Å². The van der Waals surface area contributed by atoms with Crippen molar-refractivity contribution in [1.82, 2.24) is 0 Å². The molecule has 0 aromatic heterocycles. The molecule has 1 aromatic rings. The van der Waals surface area contributed by atoms with Gasteiger partial charge in [0.25, 0.3) is 0 Å². The smallest absolute Gasteiger partial charge is 0.399 e. The van der Waals surface area contributed by atoms with Crippen molar-refractivity contribution in [1.29, 1.82) is 10.8 Å². The van der Waals surface area contributed by atoms with Crippen molar-refractivity contribution in [3.8, 4) is 0 Å². The number of hydrogen-bond acceptors (Lipinski definition) is 3. The molecule has 0 saturated carbocycles. The Morgan fingerprint density at radius 2 is 1.26 bits per heavy atom. The van der Waals surface area contributed by atoms with Gasteiger partial charge in [0.05, 0.1) is 17.0 Å². The number of allylic oxidation sites excluding steroid dienone is 4. The minimum atomic E-state index is -4.27. The van der Waals surface area contributed by atoms with Crippen LogP contribution in [0.2, 0.25) is 0 Å². The van der Waals surface area contributed by atoms with E-state index in [2.05, 4.69) is 0 Å². The van der Waals surface area contributed by atoms with Gasteiger partial charge in [-0.3, -0.25) is 10.8 Å². The molecule has 2 rings (SSSR count). The van der Waals surface area contributed by atoms with Crippen LogP contribution in [0, 0.1) is 10.8 Å². The third-order valence-electron chi connectivity index (χ3n) is 2.17. The van der Waals surface area contributed by atoms with Crippen LogP contribution in [0.15, 0.2) is 48.6 Å². The maximum absolute atomic E-state index is 11.9. The minimum Gasteiger partial charge on any atom is -0.399 e. The Labute approximate surface area is 108 Å². The summed E-state index contributed by atoms with van der Waals surface area (Å²) in [4.78, 5) is 0. The molecule has 6 heteroatoms. The highest BCUT2D eigenvalue weighted by atomic mass is 19.4. The van der Waals surface area contributed by atoms with Crippen molar-refractivity contribution in [2.75, 3.05) is 5.73 Å². The molecule has 1 aliphatic rings. The third kappa shape index (κ3) is 4.79. The number of benzene rings is 1. The number of anilines is 1. The van der Waals surface area contributed by atoms with Crippen LogP contribution in [0.3, 0.4) is 0 Å². The molecule has 1 aliphatic carbocycles. The third-order valence-corrected chi connectivity index (χ3v) is 2.17. The fourth-order valence-corrected chi connectivity index (χ4v) is 1.16. The molecular weight excluding hydrogens is 255 g/mol. The van der Waals surface area contributed by atoms with E-state index in [9.17, 15) is 13.2 Å². The second-order valence-corrected chi connectivity index (χ2v) is 3.67. The fourth-order valence-electron chi connectivity index (χ4n) is 1.16. The lowest BCUT2D eigenvalue weighted by Crippen LogP contribution is -2.06. The molecule has 0 saturated heterocycles. The quantitative estimate of drug-likeness (QED) is 0.489. The molecule has 19 heavy (non-hydrogen) atoms. The molecule has 0 aliphatic heterocycles. The summed E-state index contributed by atoms with van der Waals surface area (Å²) in [5, 5.41) is 14.1. The van der Waals surface area contributed by atoms with Gasteiger partial charge in [0.15, 0.2) is 0 Å². The second-order valence-electron chi connectivity index (χ2n) is 3.67. The van der Waals surface area contributed by atoms with Crippen molar-refractivity contribution in [3.63, 3.8) is 0 Å². The van der Waals surface area contributed by atoms with Gasteiger partial charge >= 0.3 is 6.18 Å². The van der Waals surface area contributed by atoms with E-state index in [0.717, 1.165) is 12.1 Å². The normalized spacial score (nSPS) is 14.1. The van der Waals surface area contributed by atoms with Crippen molar-refractivity contribution in [2.24, 2.45) is 0 Å². The molecular formula is C13H12F3N3. The SMILES string of the molecule is N=C1C=CC=CC1=N.Nc1ccc(C(F)(F)F)cc1. The molecule has 4 N–H and O–H groups in total. The van der Waals surface area contributed by atoms with Gasteiger partial charge in [-0.05, 0) is 36.4 Å². The molecule has 3 nitrogen and oxygen atoms in total. The van der Waals surface area contributed by atoms with E-state index < -0.39 is 11.7 Å². The lowest BCUT2D eigenvalue weighted by Gasteiger charge is -2.05. The van der Waals surface area contributed by atoms with Gasteiger partial charge in [-0.1, -0.05) is 12.2 Å². The maximum atomic E-state index is 11.9. The van der Waals surface area contributed by atoms with Crippen LogP contribution in [0.5, 0.6) is 0 Å². The molecule has 0 spiro atoms. The monoisotopic (exact) mass is 267 g/mol. The number of nitrogens with one attached hydrogen (secondary N) is 2. The molecule has 100 valence electrons. The van der Waals surface area contributed by atoms with Crippen LogP contribution < -0.4 is 5.73 Å². The summed E-state index contributed by atoms with van der Waals surface area (Å²) in [5.41, 5.74) is 5.43. The van der Waals surface area contributed by atoms with Gasteiger partial charge in [-0.25, -0.2) is 0 Å². The Bertz CT molecular complexity index is 503. The van der Waals surface area contributed by atoms with Crippen LogP contribution in [0.25, 0.3) is 0 Å². The summed E-state index contributed by atoms with van der Waals surface area (Å²) in [6.45, 7) is 0. The van der Waals surface area contributed by atoms with Gasteiger partial charge < -0.3 is 5.73 Å². The predicted octanol–water partition coefficient (Wildman–Crippen LogP) is 3.44. The zero-order valence-electron chi connectivity index (χ0n) is 9.83. The largest absolute Gasteiger partial charge is 0.416 e. The zero-order chi connectivity index (χ0) is 14.5. The van der Waals surface area contributed by atoms with E-state index >= 15 is 0 Å². The molecule has 0 amide bonds. The fraction of sp³-hybridized carbons (Fsp3) is 0.0769. The van der Waals surface area contributed by atoms with Gasteiger partial charge in [-0.15, -0.1) is 0 Å². The standard InChI is InChI=1S/C7H6F3N.C6H6N2/c8-7(9,10)5-1-3-6(11)4-2-5;7-5-3-1-2-4-6(5)8/h1-4H,11H2;1-4,7-8H. The predicted molar refractivity (Wildman–Crippen MR) is 69.6 cm³/mol. The highest BCUT2D eigenvalue weighted by molar-refractivity contribution is 6.48. The van der Waals surface area contributed by atoms with E-state index in [1.165, 1.54) is 12.1 Å². The number of nitrogen functional groups attached to an aromatic ring is 1. The van der Waals surface area contributed by atoms with Crippen molar-refractivity contribution >= 4 is 17.1 Å². The highest BCUT2D eigenvalue weighted by Gasteiger charge is 2.29. The van der Waals surface area contributed by atoms with Crippen LogP contribution in [0.1, 0.15) is 5.56 Å². The highest BCUT2D eigenvalue weighted by Crippen LogP contribution is 2.29. The van der Waals surface area contributed by atoms with E-state index in [1.54, 1.807) is 24.3 Å². The summed E-state index contributed by atoms with van der Waals surface area (Å²) in [5.74, 6) is 0. The van der Waals surface area contributed by atoms with Crippen LogP contribution in [-0.2, 0) is 6.18 Å². The lowest BCUT2D eigenvalue weighted by atomic mass is 10.1. The van der Waals surface area contributed by atoms with Gasteiger partial charge in [0, 0.05) is 5.69 Å². The zero-order valence-corrected chi connectivity index (χ0v) is 9.83. The van der Waals surface area contributed by atoms with Crippen LogP contribution in [0.4, 0.5) is 18.9 Å². The first-order valence-electron chi connectivity index (χ1n) is 5.25. The summed E-state index contributed by atoms with van der Waals surface area (Å²) in [6.07, 6.45) is 2.43. The average Bonchev–Trinajstić information content (AvgIpc) is 2.33. The molecule has 0 atom stereocenters. The van der Waals surface area contributed by atoms with Gasteiger partial charge in [0.1, 0.15) is 0 Å². The summed E-state index contributed by atoms with van der Waals surface area (Å²) in [7, 11) is 0. The van der Waals surface area contributed by atoms with Gasteiger partial charge in [-0.2, -0.15) is 13.2 Å². The van der Waals surface area contributed by atoms with Crippen LogP contribution in [-0.4, -0.2) is 11.4 Å². The number of alkyl halides is 3. The summed E-state index contributed by atoms with van der Waals surface area (Å²) < 4.78 is 35.6. The number of hydrogen-bond donors (Lipinski definition) is 3. The average molecular weight is 267 g/mol. The minimum absolute atomic E-state index is 0.285. The number of nitrogens with two attached hydrogens (primary N) is 1. The van der Waals surface area contributed by atoms with Gasteiger partial charge in [0.2, 0.25) is 0 Å². The second kappa shape index (κ2) is 5.99. The first-order valence-corrected chi connectivity index (χ1v) is 5.25. The summed E-state index contributed by atoms with van der Waals surface area (Å²) >= 11 is 0. The lowest BCUT2D eigenvalue weighted by molar-refractivity contribution is -0.137. The van der Waals surface area contributed by atoms with Crippen molar-refractivity contribution in [3.05, 3.63) is 54.1 Å². The molecule has 0 radical (unpaired) electrons. The summed E-state index contributed by atoms with van der Waals surface area (Å²) in [6, 6.07) is 4.36. The Morgan fingerprint density at radius 1 is 0.842 bits per heavy atom. The van der Waals surface area contributed by atoms with Crippen molar-refractivity contribution in [2.45, 2.75) is 6.18 Å². The Morgan fingerprint density at radius 3 is 1.58 bits per heavy atom. The Kier molecular flexibility index (Phi) is 4.63. The topological polar surface area (TPSA) is 73.7 Å². The Hall–Kier alpha value is -2.37. The number of halogens is 3. The molecule has 1 aromatic carbocycles. The molecule has 0 unspecified atom stereocenters. The van der Waals surface area contributed by atoms with Crippen molar-refractivity contribution < 1.29 is 13.2 Å². The molecule has 0 fully saturated rings. The van der Waals surface area contributed by atoms with E-state index in [0.29, 0.717) is 5.69 Å². The number of rotatable bonds is 0. The first-order chi connectivity index (χ1) is 8.80. The van der Waals surface area contributed by atoms with E-state index in [1.807, 2.05) is 0 Å². The first kappa shape index (κ1) is 14.7. The van der Waals surface area contributed by atoms with Crippen LogP contribution >= 0.6 is 0 Å². The molecule has 0 bridgehead atoms.